The lowest BCUT2D eigenvalue weighted by Gasteiger charge is -2.18. The zero-order valence-electron chi connectivity index (χ0n) is 21.7. The van der Waals surface area contributed by atoms with E-state index in [0.717, 1.165) is 0 Å². The van der Waals surface area contributed by atoms with Gasteiger partial charge in [0.2, 0.25) is 11.5 Å². The smallest absolute Gasteiger partial charge is 0.313 e. The van der Waals surface area contributed by atoms with E-state index in [-0.39, 0.29) is 22.9 Å². The van der Waals surface area contributed by atoms with E-state index in [1.165, 1.54) is 49.7 Å². The third-order valence-electron chi connectivity index (χ3n) is 4.98. The maximum atomic E-state index is 13.4. The molecule has 0 radical (unpaired) electrons. The highest BCUT2D eigenvalue weighted by Gasteiger charge is 2.38. The van der Waals surface area contributed by atoms with Crippen LogP contribution in [0.15, 0.2) is 24.3 Å². The zero-order chi connectivity index (χ0) is 26.6. The number of ether oxygens (including phenoxy) is 3. The summed E-state index contributed by atoms with van der Waals surface area (Å²) in [5, 5.41) is 0. The van der Waals surface area contributed by atoms with Gasteiger partial charge in [0.05, 0.1) is 18.9 Å². The molecule has 0 aliphatic carbocycles. The summed E-state index contributed by atoms with van der Waals surface area (Å²) in [6, 6.07) is 6.59. The summed E-state index contributed by atoms with van der Waals surface area (Å²) >= 11 is 0. The van der Waals surface area contributed by atoms with Gasteiger partial charge >= 0.3 is 11.9 Å². The lowest BCUT2D eigenvalue weighted by Crippen LogP contribution is -2.28. The molecule has 0 aliphatic heterocycles. The molecule has 0 bridgehead atoms. The van der Waals surface area contributed by atoms with Crippen LogP contribution in [0.1, 0.15) is 48.7 Å². The van der Waals surface area contributed by atoms with Gasteiger partial charge in [0.1, 0.15) is 5.75 Å². The number of hydrogen-bond acceptors (Lipinski definition) is 7. The van der Waals surface area contributed by atoms with Crippen LogP contribution in [-0.2, 0) is 9.59 Å². The molecule has 1 aromatic carbocycles. The first-order chi connectivity index (χ1) is 16.3. The number of methoxy groups -OCH3 is 1. The largest absolute Gasteiger partial charge is 0.497 e. The molecule has 0 fully saturated rings. The van der Waals surface area contributed by atoms with Crippen molar-refractivity contribution in [3.8, 4) is 22.9 Å². The SMILES string of the molecule is COc1ccc(-n2c(C(=O)N(C)C)c(OC(=O)C(C)C)c(OC(=O)C(C)C)c2C(=O)N(C)C)cc1. The van der Waals surface area contributed by atoms with Crippen molar-refractivity contribution in [2.24, 2.45) is 11.8 Å². The fraction of sp³-hybridized carbons (Fsp3) is 0.440. The number of benzene rings is 1. The topological polar surface area (TPSA) is 107 Å². The first kappa shape index (κ1) is 27.4. The van der Waals surface area contributed by atoms with E-state index in [2.05, 4.69) is 0 Å². The molecule has 1 aromatic heterocycles. The van der Waals surface area contributed by atoms with Crippen molar-refractivity contribution in [3.05, 3.63) is 35.7 Å². The molecular weight excluding hydrogens is 454 g/mol. The van der Waals surface area contributed by atoms with E-state index in [1.807, 2.05) is 0 Å². The highest BCUT2D eigenvalue weighted by Crippen LogP contribution is 2.42. The van der Waals surface area contributed by atoms with Gasteiger partial charge in [-0.05, 0) is 24.3 Å². The van der Waals surface area contributed by atoms with Gasteiger partial charge in [-0.1, -0.05) is 27.7 Å². The standard InChI is InChI=1S/C25H33N3O7/c1-14(2)24(31)34-20-18(22(29)26(5)6)28(16-10-12-17(33-9)13-11-16)19(23(30)27(7)8)21(20)35-25(32)15(3)4/h10-15H,1-9H3. The van der Waals surface area contributed by atoms with Crippen molar-refractivity contribution in [1.29, 1.82) is 0 Å². The van der Waals surface area contributed by atoms with Gasteiger partial charge in [0.15, 0.2) is 11.4 Å². The molecule has 0 spiro atoms. The second kappa shape index (κ2) is 11.1. The number of esters is 2. The molecule has 0 unspecified atom stereocenters. The molecule has 0 N–H and O–H groups in total. The number of aromatic nitrogens is 1. The quantitative estimate of drug-likeness (QED) is 0.527. The summed E-state index contributed by atoms with van der Waals surface area (Å²) in [5.74, 6) is -3.58. The zero-order valence-corrected chi connectivity index (χ0v) is 21.7. The Morgan fingerprint density at radius 3 is 1.37 bits per heavy atom. The number of carbonyl (C=O) groups excluding carboxylic acids is 4. The predicted molar refractivity (Wildman–Crippen MR) is 129 cm³/mol. The minimum atomic E-state index is -0.657. The van der Waals surface area contributed by atoms with E-state index in [0.29, 0.717) is 11.4 Å². The van der Waals surface area contributed by atoms with E-state index < -0.39 is 35.6 Å². The average molecular weight is 488 g/mol. The summed E-state index contributed by atoms with van der Waals surface area (Å²) in [7, 11) is 7.60. The van der Waals surface area contributed by atoms with Crippen molar-refractivity contribution >= 4 is 23.8 Å². The number of nitrogens with zero attached hydrogens (tertiary/aromatic N) is 3. The monoisotopic (exact) mass is 487 g/mol. The predicted octanol–water partition coefficient (Wildman–Crippen LogP) is 3.01. The summed E-state index contributed by atoms with van der Waals surface area (Å²) in [5.41, 5.74) is 0.131. The third-order valence-corrected chi connectivity index (χ3v) is 4.98. The molecule has 10 heteroatoms. The normalized spacial score (nSPS) is 10.8. The minimum absolute atomic E-state index is 0.133. The van der Waals surface area contributed by atoms with Crippen LogP contribution >= 0.6 is 0 Å². The minimum Gasteiger partial charge on any atom is -0.497 e. The van der Waals surface area contributed by atoms with Crippen molar-refractivity contribution in [1.82, 2.24) is 14.4 Å². The summed E-state index contributed by atoms with van der Waals surface area (Å²) in [4.78, 5) is 54.8. The summed E-state index contributed by atoms with van der Waals surface area (Å²) in [6.07, 6.45) is 0. The van der Waals surface area contributed by atoms with E-state index in [4.69, 9.17) is 14.2 Å². The molecule has 0 saturated heterocycles. The van der Waals surface area contributed by atoms with E-state index in [9.17, 15) is 19.2 Å². The van der Waals surface area contributed by atoms with Gasteiger partial charge in [-0.15, -0.1) is 0 Å². The summed E-state index contributed by atoms with van der Waals surface area (Å²) < 4.78 is 17.8. The molecule has 10 nitrogen and oxygen atoms in total. The van der Waals surface area contributed by atoms with Crippen LogP contribution < -0.4 is 14.2 Å². The average Bonchev–Trinajstić information content (AvgIpc) is 3.10. The van der Waals surface area contributed by atoms with Crippen molar-refractivity contribution < 1.29 is 33.4 Å². The molecule has 35 heavy (non-hydrogen) atoms. The lowest BCUT2D eigenvalue weighted by molar-refractivity contribution is -0.140. The van der Waals surface area contributed by atoms with Crippen LogP contribution in [0.3, 0.4) is 0 Å². The van der Waals surface area contributed by atoms with Gasteiger partial charge in [-0.25, -0.2) is 0 Å². The molecule has 0 saturated carbocycles. The van der Waals surface area contributed by atoms with Crippen LogP contribution in [0, 0.1) is 11.8 Å². The van der Waals surface area contributed by atoms with Crippen LogP contribution in [-0.4, -0.2) is 73.4 Å². The highest BCUT2D eigenvalue weighted by molar-refractivity contribution is 6.05. The van der Waals surface area contributed by atoms with Crippen LogP contribution in [0.4, 0.5) is 0 Å². The van der Waals surface area contributed by atoms with Crippen molar-refractivity contribution in [2.45, 2.75) is 27.7 Å². The maximum absolute atomic E-state index is 13.4. The Morgan fingerprint density at radius 2 is 1.09 bits per heavy atom. The maximum Gasteiger partial charge on any atom is 0.313 e. The second-order valence-corrected chi connectivity index (χ2v) is 8.94. The Morgan fingerprint density at radius 1 is 0.714 bits per heavy atom. The highest BCUT2D eigenvalue weighted by atomic mass is 16.6. The molecule has 1 heterocycles. The van der Waals surface area contributed by atoms with Crippen LogP contribution in [0.2, 0.25) is 0 Å². The first-order valence-corrected chi connectivity index (χ1v) is 11.1. The fourth-order valence-electron chi connectivity index (χ4n) is 2.95. The van der Waals surface area contributed by atoms with Gasteiger partial charge in [0, 0.05) is 33.9 Å². The Bertz CT molecular complexity index is 1050. The Hall–Kier alpha value is -3.82. The fourth-order valence-corrected chi connectivity index (χ4v) is 2.95. The van der Waals surface area contributed by atoms with Gasteiger partial charge in [-0.2, -0.15) is 0 Å². The Labute approximate surface area is 205 Å². The molecule has 190 valence electrons. The first-order valence-electron chi connectivity index (χ1n) is 11.1. The number of carbonyl (C=O) groups is 4. The van der Waals surface area contributed by atoms with E-state index >= 15 is 0 Å². The molecule has 0 atom stereocenters. The number of amides is 2. The molecule has 2 amide bonds. The van der Waals surface area contributed by atoms with Crippen molar-refractivity contribution in [2.75, 3.05) is 35.3 Å². The molecule has 2 aromatic rings. The second-order valence-electron chi connectivity index (χ2n) is 8.94. The summed E-state index contributed by atoms with van der Waals surface area (Å²) in [6.45, 7) is 6.51. The Balaban J connectivity index is 3.07. The molecule has 0 aliphatic rings. The number of hydrogen-bond donors (Lipinski definition) is 0. The Kier molecular flexibility index (Phi) is 8.67. The van der Waals surface area contributed by atoms with Gasteiger partial charge in [0.25, 0.3) is 11.8 Å². The van der Waals surface area contributed by atoms with E-state index in [1.54, 1.807) is 52.0 Å². The van der Waals surface area contributed by atoms with Crippen LogP contribution in [0.5, 0.6) is 17.2 Å². The number of rotatable bonds is 8. The van der Waals surface area contributed by atoms with Crippen molar-refractivity contribution in [3.63, 3.8) is 0 Å². The van der Waals surface area contributed by atoms with Crippen LogP contribution in [0.25, 0.3) is 5.69 Å². The lowest BCUT2D eigenvalue weighted by atomic mass is 10.2. The molecular formula is C25H33N3O7. The third kappa shape index (κ3) is 5.82. The molecule has 2 rings (SSSR count). The van der Waals surface area contributed by atoms with Gasteiger partial charge in [-0.3, -0.25) is 23.7 Å². The van der Waals surface area contributed by atoms with Gasteiger partial charge < -0.3 is 24.0 Å².